The van der Waals surface area contributed by atoms with Gasteiger partial charge < -0.3 is 20.8 Å². The molecule has 4 N–H and O–H groups in total. The number of hydrogen-bond acceptors (Lipinski definition) is 5. The number of carbonyl (C=O) groups is 1. The average molecular weight is 335 g/mol. The molecule has 0 bridgehead atoms. The molecular formula is C15H12ClFN4O2. The van der Waals surface area contributed by atoms with E-state index in [0.717, 1.165) is 0 Å². The number of fused-ring (bicyclic) bond motifs is 1. The first-order valence-corrected chi connectivity index (χ1v) is 7.00. The summed E-state index contributed by atoms with van der Waals surface area (Å²) in [6.07, 6.45) is 1.52. The van der Waals surface area contributed by atoms with Gasteiger partial charge in [0.15, 0.2) is 11.4 Å². The molecule has 0 unspecified atom stereocenters. The van der Waals surface area contributed by atoms with Crippen LogP contribution in [0.25, 0.3) is 11.0 Å². The van der Waals surface area contributed by atoms with Gasteiger partial charge in [-0.25, -0.2) is 9.37 Å². The SMILES string of the molecule is CC(=O)Nc1nccc2c(Nc3ccc(F)c(Cl)c3)c(N)oc12. The maximum absolute atomic E-state index is 13.2. The average Bonchev–Trinajstić information content (AvgIpc) is 2.80. The van der Waals surface area contributed by atoms with Crippen LogP contribution in [-0.2, 0) is 4.79 Å². The molecule has 0 aliphatic rings. The summed E-state index contributed by atoms with van der Waals surface area (Å²) in [5.41, 5.74) is 7.26. The number of pyridine rings is 1. The number of nitrogens with two attached hydrogens (primary N) is 1. The summed E-state index contributed by atoms with van der Waals surface area (Å²) in [7, 11) is 0. The Bertz CT molecular complexity index is 910. The highest BCUT2D eigenvalue weighted by molar-refractivity contribution is 6.31. The van der Waals surface area contributed by atoms with E-state index < -0.39 is 5.82 Å². The molecular weight excluding hydrogens is 323 g/mol. The van der Waals surface area contributed by atoms with Gasteiger partial charge in [0.1, 0.15) is 11.5 Å². The molecule has 0 spiro atoms. The van der Waals surface area contributed by atoms with Gasteiger partial charge in [-0.3, -0.25) is 4.79 Å². The standard InChI is InChI=1S/C15H12ClFN4O2/c1-7(22)20-15-13-9(4-5-19-15)12(14(18)23-13)21-8-2-3-11(17)10(16)6-8/h2-6,21H,18H2,1H3,(H,19,20,22). The molecule has 8 heteroatoms. The number of carbonyl (C=O) groups excluding carboxylic acids is 1. The van der Waals surface area contributed by atoms with Crippen molar-refractivity contribution in [2.24, 2.45) is 0 Å². The van der Waals surface area contributed by atoms with Crippen molar-refractivity contribution in [1.82, 2.24) is 4.98 Å². The first-order chi connectivity index (χ1) is 11.0. The zero-order chi connectivity index (χ0) is 16.6. The van der Waals surface area contributed by atoms with Crippen LogP contribution in [0.2, 0.25) is 5.02 Å². The molecule has 0 fully saturated rings. The molecule has 0 radical (unpaired) electrons. The van der Waals surface area contributed by atoms with E-state index in [4.69, 9.17) is 21.8 Å². The zero-order valence-corrected chi connectivity index (χ0v) is 12.7. The minimum atomic E-state index is -0.514. The van der Waals surface area contributed by atoms with Crippen molar-refractivity contribution in [2.75, 3.05) is 16.4 Å². The highest BCUT2D eigenvalue weighted by atomic mass is 35.5. The van der Waals surface area contributed by atoms with E-state index in [0.29, 0.717) is 22.3 Å². The number of amides is 1. The molecule has 0 aliphatic heterocycles. The second-order valence-electron chi connectivity index (χ2n) is 4.81. The van der Waals surface area contributed by atoms with Crippen LogP contribution in [0.15, 0.2) is 34.9 Å². The van der Waals surface area contributed by atoms with Crippen molar-refractivity contribution in [3.05, 3.63) is 41.3 Å². The summed E-state index contributed by atoms with van der Waals surface area (Å²) in [4.78, 5) is 15.3. The predicted molar refractivity (Wildman–Crippen MR) is 87.4 cm³/mol. The smallest absolute Gasteiger partial charge is 0.222 e. The molecule has 0 saturated carbocycles. The third-order valence-corrected chi connectivity index (χ3v) is 3.41. The Kier molecular flexibility index (Phi) is 3.79. The van der Waals surface area contributed by atoms with Crippen LogP contribution >= 0.6 is 11.6 Å². The number of aromatic nitrogens is 1. The van der Waals surface area contributed by atoms with E-state index in [-0.39, 0.29) is 22.6 Å². The molecule has 118 valence electrons. The van der Waals surface area contributed by atoms with Crippen LogP contribution in [0.1, 0.15) is 6.92 Å². The lowest BCUT2D eigenvalue weighted by molar-refractivity contribution is -0.114. The molecule has 3 rings (SSSR count). The van der Waals surface area contributed by atoms with E-state index in [9.17, 15) is 9.18 Å². The molecule has 6 nitrogen and oxygen atoms in total. The van der Waals surface area contributed by atoms with Gasteiger partial charge in [-0.05, 0) is 24.3 Å². The van der Waals surface area contributed by atoms with Gasteiger partial charge in [-0.15, -0.1) is 0 Å². The molecule has 2 heterocycles. The van der Waals surface area contributed by atoms with Crippen molar-refractivity contribution in [3.63, 3.8) is 0 Å². The van der Waals surface area contributed by atoms with Gasteiger partial charge in [0.2, 0.25) is 11.8 Å². The maximum atomic E-state index is 13.2. The minimum Gasteiger partial charge on any atom is -0.435 e. The highest BCUT2D eigenvalue weighted by Gasteiger charge is 2.17. The highest BCUT2D eigenvalue weighted by Crippen LogP contribution is 2.38. The molecule has 3 aromatic rings. The fourth-order valence-electron chi connectivity index (χ4n) is 2.15. The van der Waals surface area contributed by atoms with E-state index in [1.54, 1.807) is 6.07 Å². The summed E-state index contributed by atoms with van der Waals surface area (Å²) in [5.74, 6) is -0.411. The molecule has 1 aromatic carbocycles. The Labute approximate surface area is 135 Å². The first-order valence-electron chi connectivity index (χ1n) is 6.62. The number of anilines is 4. The third kappa shape index (κ3) is 2.91. The second-order valence-corrected chi connectivity index (χ2v) is 5.22. The Hall–Kier alpha value is -2.80. The van der Waals surface area contributed by atoms with Gasteiger partial charge in [-0.2, -0.15) is 0 Å². The Balaban J connectivity index is 2.05. The number of rotatable bonds is 3. The fourth-order valence-corrected chi connectivity index (χ4v) is 2.33. The van der Waals surface area contributed by atoms with Crippen LogP contribution in [0.4, 0.5) is 27.5 Å². The van der Waals surface area contributed by atoms with Crippen LogP contribution in [0.5, 0.6) is 0 Å². The van der Waals surface area contributed by atoms with Gasteiger partial charge in [0.25, 0.3) is 0 Å². The lowest BCUT2D eigenvalue weighted by Crippen LogP contribution is -2.07. The van der Waals surface area contributed by atoms with Crippen molar-refractivity contribution in [2.45, 2.75) is 6.92 Å². The van der Waals surface area contributed by atoms with Gasteiger partial charge in [0, 0.05) is 18.8 Å². The number of benzene rings is 1. The number of hydrogen-bond donors (Lipinski definition) is 3. The van der Waals surface area contributed by atoms with Crippen molar-refractivity contribution in [1.29, 1.82) is 0 Å². The summed E-state index contributed by atoms with van der Waals surface area (Å²) in [6.45, 7) is 1.37. The zero-order valence-electron chi connectivity index (χ0n) is 12.0. The van der Waals surface area contributed by atoms with E-state index >= 15 is 0 Å². The predicted octanol–water partition coefficient (Wildman–Crippen LogP) is 3.90. The molecule has 0 saturated heterocycles. The van der Waals surface area contributed by atoms with Crippen LogP contribution < -0.4 is 16.4 Å². The Morgan fingerprint density at radius 3 is 2.87 bits per heavy atom. The first kappa shape index (κ1) is 15.1. The monoisotopic (exact) mass is 334 g/mol. The van der Waals surface area contributed by atoms with Gasteiger partial charge in [-0.1, -0.05) is 11.6 Å². The molecule has 0 aliphatic carbocycles. The van der Waals surface area contributed by atoms with Crippen molar-refractivity contribution in [3.8, 4) is 0 Å². The summed E-state index contributed by atoms with van der Waals surface area (Å²) >= 11 is 5.77. The number of nitrogens with zero attached hydrogens (tertiary/aromatic N) is 1. The number of furan rings is 1. The van der Waals surface area contributed by atoms with Crippen molar-refractivity contribution < 1.29 is 13.6 Å². The maximum Gasteiger partial charge on any atom is 0.222 e. The number of nitrogens with one attached hydrogen (secondary N) is 2. The fraction of sp³-hybridized carbons (Fsp3) is 0.0667. The lowest BCUT2D eigenvalue weighted by Gasteiger charge is -2.06. The topological polar surface area (TPSA) is 93.2 Å². The Morgan fingerprint density at radius 2 is 2.17 bits per heavy atom. The minimum absolute atomic E-state index is 0.0121. The molecule has 0 atom stereocenters. The largest absolute Gasteiger partial charge is 0.435 e. The molecule has 2 aromatic heterocycles. The summed E-state index contributed by atoms with van der Waals surface area (Å²) in [6, 6.07) is 5.89. The quantitative estimate of drug-likeness (QED) is 0.675. The number of halogens is 2. The van der Waals surface area contributed by atoms with Gasteiger partial charge in [0.05, 0.1) is 10.4 Å². The normalized spacial score (nSPS) is 10.7. The number of nitrogen functional groups attached to an aromatic ring is 1. The van der Waals surface area contributed by atoms with Crippen molar-refractivity contribution >= 4 is 51.6 Å². The van der Waals surface area contributed by atoms with Crippen LogP contribution in [-0.4, -0.2) is 10.9 Å². The van der Waals surface area contributed by atoms with E-state index in [1.165, 1.54) is 31.3 Å². The van der Waals surface area contributed by atoms with Gasteiger partial charge >= 0.3 is 0 Å². The Morgan fingerprint density at radius 1 is 1.39 bits per heavy atom. The summed E-state index contributed by atoms with van der Waals surface area (Å²) < 4.78 is 18.7. The van der Waals surface area contributed by atoms with Crippen LogP contribution in [0.3, 0.4) is 0 Å². The third-order valence-electron chi connectivity index (χ3n) is 3.12. The molecule has 23 heavy (non-hydrogen) atoms. The lowest BCUT2D eigenvalue weighted by atomic mass is 10.2. The van der Waals surface area contributed by atoms with E-state index in [1.807, 2.05) is 0 Å². The molecule has 1 amide bonds. The summed E-state index contributed by atoms with van der Waals surface area (Å²) in [5, 5.41) is 6.22. The van der Waals surface area contributed by atoms with E-state index in [2.05, 4.69) is 15.6 Å². The van der Waals surface area contributed by atoms with Crippen LogP contribution in [0, 0.1) is 5.82 Å². The second kappa shape index (κ2) is 5.77.